The number of aromatic amines is 1. The van der Waals surface area contributed by atoms with Crippen molar-refractivity contribution in [2.75, 3.05) is 0 Å². The number of hydrogen-bond donors (Lipinski definition) is 1. The van der Waals surface area contributed by atoms with Crippen LogP contribution in [0.15, 0.2) is 41.5 Å². The van der Waals surface area contributed by atoms with E-state index in [4.69, 9.17) is 0 Å². The number of nitrogens with zero attached hydrogens (tertiary/aromatic N) is 2. The van der Waals surface area contributed by atoms with E-state index in [1.54, 1.807) is 6.92 Å². The van der Waals surface area contributed by atoms with Crippen molar-refractivity contribution in [1.82, 2.24) is 9.97 Å². The van der Waals surface area contributed by atoms with Crippen LogP contribution in [0.5, 0.6) is 0 Å². The van der Waals surface area contributed by atoms with Crippen LogP contribution in [-0.4, -0.2) is 9.97 Å². The van der Waals surface area contributed by atoms with E-state index in [0.717, 1.165) is 5.69 Å². The molecule has 0 saturated heterocycles. The standard InChI is InChI=1S/C11H11N3O/c1-9-12-10(7-11(15)13-9)8-14-5-3-2-4-6-14/h2-7H,8H2,1H3/p+1. The molecule has 1 N–H and O–H groups in total. The molecule has 0 spiro atoms. The Balaban J connectivity index is 2.29. The van der Waals surface area contributed by atoms with Crippen LogP contribution in [0, 0.1) is 6.92 Å². The summed E-state index contributed by atoms with van der Waals surface area (Å²) in [4.78, 5) is 18.1. The summed E-state index contributed by atoms with van der Waals surface area (Å²) in [7, 11) is 0. The van der Waals surface area contributed by atoms with E-state index in [0.29, 0.717) is 12.4 Å². The molecule has 0 aliphatic carbocycles. The normalized spacial score (nSPS) is 10.2. The van der Waals surface area contributed by atoms with Crippen LogP contribution in [0.1, 0.15) is 11.5 Å². The molecule has 15 heavy (non-hydrogen) atoms. The smallest absolute Gasteiger partial charge is 0.251 e. The molecule has 0 saturated carbocycles. The summed E-state index contributed by atoms with van der Waals surface area (Å²) >= 11 is 0. The van der Waals surface area contributed by atoms with Crippen molar-refractivity contribution in [3.05, 3.63) is 58.5 Å². The first-order chi connectivity index (χ1) is 7.24. The topological polar surface area (TPSA) is 49.6 Å². The fourth-order valence-electron chi connectivity index (χ4n) is 1.45. The van der Waals surface area contributed by atoms with Crippen LogP contribution in [-0.2, 0) is 6.54 Å². The monoisotopic (exact) mass is 202 g/mol. The molecule has 4 nitrogen and oxygen atoms in total. The van der Waals surface area contributed by atoms with E-state index >= 15 is 0 Å². The summed E-state index contributed by atoms with van der Waals surface area (Å²) in [5.41, 5.74) is 0.668. The van der Waals surface area contributed by atoms with Gasteiger partial charge in [-0.15, -0.1) is 0 Å². The minimum Gasteiger partial charge on any atom is -0.311 e. The molecule has 0 aliphatic rings. The van der Waals surface area contributed by atoms with Gasteiger partial charge in [-0.3, -0.25) is 4.79 Å². The highest BCUT2D eigenvalue weighted by Crippen LogP contribution is 1.90. The molecule has 2 rings (SSSR count). The highest BCUT2D eigenvalue weighted by molar-refractivity contribution is 5.00. The first kappa shape index (κ1) is 9.58. The predicted molar refractivity (Wildman–Crippen MR) is 55.3 cm³/mol. The van der Waals surface area contributed by atoms with E-state index in [1.807, 2.05) is 35.2 Å². The van der Waals surface area contributed by atoms with Crippen molar-refractivity contribution in [1.29, 1.82) is 0 Å². The van der Waals surface area contributed by atoms with E-state index in [2.05, 4.69) is 9.97 Å². The summed E-state index contributed by atoms with van der Waals surface area (Å²) < 4.78 is 1.97. The molecule has 0 unspecified atom stereocenters. The number of pyridine rings is 1. The third-order valence-corrected chi connectivity index (χ3v) is 2.03. The molecule has 0 aromatic carbocycles. The largest absolute Gasteiger partial charge is 0.311 e. The Bertz CT molecular complexity index is 505. The van der Waals surface area contributed by atoms with Crippen molar-refractivity contribution < 1.29 is 4.57 Å². The number of rotatable bonds is 2. The lowest BCUT2D eigenvalue weighted by atomic mass is 10.3. The number of nitrogens with one attached hydrogen (secondary N) is 1. The molecular weight excluding hydrogens is 190 g/mol. The minimum atomic E-state index is -0.103. The fraction of sp³-hybridized carbons (Fsp3) is 0.182. The average molecular weight is 202 g/mol. The maximum Gasteiger partial charge on any atom is 0.251 e. The SMILES string of the molecule is Cc1nc(C[n+]2ccccc2)cc(=O)[nH]1. The lowest BCUT2D eigenvalue weighted by molar-refractivity contribution is -0.688. The molecule has 4 heteroatoms. The Morgan fingerprint density at radius 3 is 2.73 bits per heavy atom. The zero-order chi connectivity index (χ0) is 10.7. The Labute approximate surface area is 87.2 Å². The average Bonchev–Trinajstić information content (AvgIpc) is 2.17. The second-order valence-corrected chi connectivity index (χ2v) is 3.37. The second-order valence-electron chi connectivity index (χ2n) is 3.37. The van der Waals surface area contributed by atoms with Gasteiger partial charge in [0.25, 0.3) is 5.56 Å². The van der Waals surface area contributed by atoms with Crippen molar-refractivity contribution in [2.45, 2.75) is 13.5 Å². The van der Waals surface area contributed by atoms with Gasteiger partial charge in [0.1, 0.15) is 11.5 Å². The highest BCUT2D eigenvalue weighted by Gasteiger charge is 2.04. The molecule has 0 bridgehead atoms. The van der Waals surface area contributed by atoms with Gasteiger partial charge in [-0.1, -0.05) is 6.07 Å². The molecular formula is C11H12N3O+. The number of aromatic nitrogens is 3. The zero-order valence-corrected chi connectivity index (χ0v) is 8.47. The molecule has 0 aliphatic heterocycles. The molecule has 2 heterocycles. The Hall–Kier alpha value is -1.97. The van der Waals surface area contributed by atoms with Crippen LogP contribution in [0.3, 0.4) is 0 Å². The Morgan fingerprint density at radius 2 is 2.07 bits per heavy atom. The van der Waals surface area contributed by atoms with Gasteiger partial charge in [0.2, 0.25) is 0 Å². The third kappa shape index (κ3) is 2.49. The van der Waals surface area contributed by atoms with Crippen molar-refractivity contribution in [2.24, 2.45) is 0 Å². The number of hydrogen-bond acceptors (Lipinski definition) is 2. The first-order valence-electron chi connectivity index (χ1n) is 4.75. The van der Waals surface area contributed by atoms with Gasteiger partial charge in [0.15, 0.2) is 18.9 Å². The number of aryl methyl sites for hydroxylation is 1. The van der Waals surface area contributed by atoms with Gasteiger partial charge in [-0.25, -0.2) is 4.98 Å². The van der Waals surface area contributed by atoms with Crippen molar-refractivity contribution in [3.63, 3.8) is 0 Å². The molecule has 0 radical (unpaired) electrons. The highest BCUT2D eigenvalue weighted by atomic mass is 16.1. The van der Waals surface area contributed by atoms with Crippen molar-refractivity contribution in [3.8, 4) is 0 Å². The zero-order valence-electron chi connectivity index (χ0n) is 8.47. The molecule has 0 atom stereocenters. The van der Waals surface area contributed by atoms with Crippen LogP contribution in [0.25, 0.3) is 0 Å². The van der Waals surface area contributed by atoms with Crippen LogP contribution in [0.2, 0.25) is 0 Å². The maximum absolute atomic E-state index is 11.2. The number of H-pyrrole nitrogens is 1. The Morgan fingerprint density at radius 1 is 1.33 bits per heavy atom. The van der Waals surface area contributed by atoms with Gasteiger partial charge in [-0.2, -0.15) is 4.57 Å². The molecule has 0 fully saturated rings. The summed E-state index contributed by atoms with van der Waals surface area (Å²) in [6.07, 6.45) is 3.89. The van der Waals surface area contributed by atoms with Gasteiger partial charge in [0.05, 0.1) is 0 Å². The van der Waals surface area contributed by atoms with Gasteiger partial charge in [0, 0.05) is 18.2 Å². The minimum absolute atomic E-state index is 0.103. The van der Waals surface area contributed by atoms with E-state index in [9.17, 15) is 4.79 Å². The predicted octanol–water partition coefficient (Wildman–Crippen LogP) is 0.414. The van der Waals surface area contributed by atoms with E-state index < -0.39 is 0 Å². The maximum atomic E-state index is 11.2. The van der Waals surface area contributed by atoms with E-state index in [1.165, 1.54) is 6.07 Å². The summed E-state index contributed by atoms with van der Waals surface area (Å²) in [6, 6.07) is 7.36. The quantitative estimate of drug-likeness (QED) is 0.717. The van der Waals surface area contributed by atoms with Crippen LogP contribution < -0.4 is 10.1 Å². The van der Waals surface area contributed by atoms with Crippen LogP contribution >= 0.6 is 0 Å². The first-order valence-corrected chi connectivity index (χ1v) is 4.75. The lowest BCUT2D eigenvalue weighted by Crippen LogP contribution is -2.34. The molecule has 76 valence electrons. The summed E-state index contributed by atoms with van der Waals surface area (Å²) in [5, 5.41) is 0. The third-order valence-electron chi connectivity index (χ3n) is 2.03. The molecule has 2 aromatic rings. The molecule has 0 amide bonds. The van der Waals surface area contributed by atoms with Crippen molar-refractivity contribution >= 4 is 0 Å². The van der Waals surface area contributed by atoms with Gasteiger partial charge in [-0.05, 0) is 6.92 Å². The van der Waals surface area contributed by atoms with Gasteiger partial charge < -0.3 is 4.98 Å². The summed E-state index contributed by atoms with van der Waals surface area (Å²) in [6.45, 7) is 2.40. The second kappa shape index (κ2) is 4.04. The molecule has 2 aromatic heterocycles. The summed E-state index contributed by atoms with van der Waals surface area (Å²) in [5.74, 6) is 0.647. The fourth-order valence-corrected chi connectivity index (χ4v) is 1.45. The van der Waals surface area contributed by atoms with E-state index in [-0.39, 0.29) is 5.56 Å². The van der Waals surface area contributed by atoms with Crippen LogP contribution in [0.4, 0.5) is 0 Å². The van der Waals surface area contributed by atoms with Gasteiger partial charge >= 0.3 is 0 Å². The Kier molecular flexibility index (Phi) is 2.58. The lowest BCUT2D eigenvalue weighted by Gasteiger charge is -1.97.